The first-order valence-electron chi connectivity index (χ1n) is 7.86. The molecule has 0 aliphatic rings. The van der Waals surface area contributed by atoms with Crippen molar-refractivity contribution in [1.29, 1.82) is 0 Å². The lowest BCUT2D eigenvalue weighted by molar-refractivity contribution is -0.128. The molecule has 0 unspecified atom stereocenters. The summed E-state index contributed by atoms with van der Waals surface area (Å²) in [5, 5.41) is 10.0. The van der Waals surface area contributed by atoms with Crippen molar-refractivity contribution in [3.63, 3.8) is 0 Å². The van der Waals surface area contributed by atoms with Crippen molar-refractivity contribution in [2.24, 2.45) is 10.4 Å². The summed E-state index contributed by atoms with van der Waals surface area (Å²) >= 11 is 5.97. The second-order valence-electron chi connectivity index (χ2n) is 5.98. The number of amides is 1. The standard InChI is InChI=1S/C17H27ClN4O/c1-5-20-15(23)17(2,3)12-22-16(19-4)21-10-9-13-7-6-8-14(18)11-13/h6-8,11H,5,9-10,12H2,1-4H3,(H,20,23)(H2,19,21,22). The molecule has 0 radical (unpaired) electrons. The molecule has 0 saturated heterocycles. The van der Waals surface area contributed by atoms with E-state index in [0.29, 0.717) is 19.0 Å². The lowest BCUT2D eigenvalue weighted by Crippen LogP contribution is -2.48. The van der Waals surface area contributed by atoms with E-state index in [9.17, 15) is 4.79 Å². The summed E-state index contributed by atoms with van der Waals surface area (Å²) < 4.78 is 0. The molecule has 128 valence electrons. The first-order valence-corrected chi connectivity index (χ1v) is 8.24. The Morgan fingerprint density at radius 3 is 2.61 bits per heavy atom. The van der Waals surface area contributed by atoms with Crippen LogP contribution in [-0.2, 0) is 11.2 Å². The molecule has 5 nitrogen and oxygen atoms in total. The molecule has 0 aromatic heterocycles. The van der Waals surface area contributed by atoms with Crippen LogP contribution >= 0.6 is 11.6 Å². The van der Waals surface area contributed by atoms with Crippen LogP contribution in [0.1, 0.15) is 26.3 Å². The number of hydrogen-bond donors (Lipinski definition) is 3. The monoisotopic (exact) mass is 338 g/mol. The maximum atomic E-state index is 12.0. The highest BCUT2D eigenvalue weighted by molar-refractivity contribution is 6.30. The number of aliphatic imine (C=N–C) groups is 1. The van der Waals surface area contributed by atoms with Gasteiger partial charge in [0.25, 0.3) is 0 Å². The van der Waals surface area contributed by atoms with E-state index in [4.69, 9.17) is 11.6 Å². The highest BCUT2D eigenvalue weighted by atomic mass is 35.5. The minimum Gasteiger partial charge on any atom is -0.356 e. The molecule has 0 fully saturated rings. The van der Waals surface area contributed by atoms with Gasteiger partial charge in [-0.25, -0.2) is 0 Å². The van der Waals surface area contributed by atoms with Gasteiger partial charge in [0, 0.05) is 31.7 Å². The van der Waals surface area contributed by atoms with E-state index in [-0.39, 0.29) is 5.91 Å². The zero-order chi connectivity index (χ0) is 17.3. The van der Waals surface area contributed by atoms with Crippen LogP contribution < -0.4 is 16.0 Å². The van der Waals surface area contributed by atoms with Crippen LogP contribution in [0.15, 0.2) is 29.3 Å². The molecule has 1 amide bonds. The molecule has 0 bridgehead atoms. The molecule has 3 N–H and O–H groups in total. The molecular weight excluding hydrogens is 312 g/mol. The summed E-state index contributed by atoms with van der Waals surface area (Å²) in [4.78, 5) is 16.2. The Morgan fingerprint density at radius 2 is 2.00 bits per heavy atom. The highest BCUT2D eigenvalue weighted by Crippen LogP contribution is 2.13. The third-order valence-electron chi connectivity index (χ3n) is 3.47. The van der Waals surface area contributed by atoms with Gasteiger partial charge in [0.1, 0.15) is 0 Å². The van der Waals surface area contributed by atoms with E-state index in [0.717, 1.165) is 18.0 Å². The number of carbonyl (C=O) groups excluding carboxylic acids is 1. The van der Waals surface area contributed by atoms with E-state index in [1.165, 1.54) is 5.56 Å². The van der Waals surface area contributed by atoms with Crippen molar-refractivity contribution >= 4 is 23.5 Å². The fraction of sp³-hybridized carbons (Fsp3) is 0.529. The van der Waals surface area contributed by atoms with E-state index < -0.39 is 5.41 Å². The van der Waals surface area contributed by atoms with Crippen LogP contribution in [-0.4, -0.2) is 38.5 Å². The third-order valence-corrected chi connectivity index (χ3v) is 3.70. The van der Waals surface area contributed by atoms with Gasteiger partial charge < -0.3 is 16.0 Å². The Kier molecular flexibility index (Phi) is 7.89. The molecule has 6 heteroatoms. The molecule has 0 aliphatic heterocycles. The van der Waals surface area contributed by atoms with Gasteiger partial charge in [-0.3, -0.25) is 9.79 Å². The van der Waals surface area contributed by atoms with Crippen molar-refractivity contribution in [2.45, 2.75) is 27.2 Å². The third kappa shape index (κ3) is 6.91. The molecule has 1 rings (SSSR count). The molecule has 0 atom stereocenters. The van der Waals surface area contributed by atoms with Crippen LogP contribution in [0.2, 0.25) is 5.02 Å². The number of carbonyl (C=O) groups is 1. The Hall–Kier alpha value is -1.75. The topological polar surface area (TPSA) is 65.5 Å². The number of benzene rings is 1. The maximum absolute atomic E-state index is 12.0. The Balaban J connectivity index is 2.41. The zero-order valence-corrected chi connectivity index (χ0v) is 15.1. The van der Waals surface area contributed by atoms with Crippen molar-refractivity contribution < 1.29 is 4.79 Å². The van der Waals surface area contributed by atoms with Gasteiger partial charge in [0.2, 0.25) is 5.91 Å². The smallest absolute Gasteiger partial charge is 0.227 e. The molecule has 23 heavy (non-hydrogen) atoms. The maximum Gasteiger partial charge on any atom is 0.227 e. The van der Waals surface area contributed by atoms with Crippen LogP contribution in [0.3, 0.4) is 0 Å². The molecule has 1 aromatic rings. The number of nitrogens with one attached hydrogen (secondary N) is 3. The molecule has 0 aliphatic carbocycles. The number of hydrogen-bond acceptors (Lipinski definition) is 2. The number of halogens is 1. The molecule has 0 spiro atoms. The summed E-state index contributed by atoms with van der Waals surface area (Å²) in [6, 6.07) is 7.81. The second kappa shape index (κ2) is 9.40. The van der Waals surface area contributed by atoms with Gasteiger partial charge in [-0.2, -0.15) is 0 Å². The van der Waals surface area contributed by atoms with Gasteiger partial charge >= 0.3 is 0 Å². The number of rotatable bonds is 7. The van der Waals surface area contributed by atoms with Crippen molar-refractivity contribution in [3.8, 4) is 0 Å². The second-order valence-corrected chi connectivity index (χ2v) is 6.41. The number of nitrogens with zero attached hydrogens (tertiary/aromatic N) is 1. The molecule has 0 saturated carbocycles. The van der Waals surface area contributed by atoms with Crippen molar-refractivity contribution in [1.82, 2.24) is 16.0 Å². The lowest BCUT2D eigenvalue weighted by Gasteiger charge is -2.24. The minimum atomic E-state index is -0.499. The van der Waals surface area contributed by atoms with E-state index in [2.05, 4.69) is 20.9 Å². The van der Waals surface area contributed by atoms with Crippen LogP contribution in [0.4, 0.5) is 0 Å². The SMILES string of the molecule is CCNC(=O)C(C)(C)CNC(=NC)NCCc1cccc(Cl)c1. The van der Waals surface area contributed by atoms with E-state index in [1.807, 2.05) is 45.0 Å². The van der Waals surface area contributed by atoms with Gasteiger partial charge in [-0.05, 0) is 44.9 Å². The van der Waals surface area contributed by atoms with E-state index in [1.54, 1.807) is 7.05 Å². The Morgan fingerprint density at radius 1 is 1.26 bits per heavy atom. The average Bonchev–Trinajstić information content (AvgIpc) is 2.51. The van der Waals surface area contributed by atoms with Gasteiger partial charge in [0.05, 0.1) is 5.41 Å². The van der Waals surface area contributed by atoms with Gasteiger partial charge in [0.15, 0.2) is 5.96 Å². The Bertz CT molecular complexity index is 543. The summed E-state index contributed by atoms with van der Waals surface area (Å²) in [5.41, 5.74) is 0.670. The van der Waals surface area contributed by atoms with Crippen molar-refractivity contribution in [3.05, 3.63) is 34.9 Å². The number of guanidine groups is 1. The molecule has 1 aromatic carbocycles. The summed E-state index contributed by atoms with van der Waals surface area (Å²) in [6.07, 6.45) is 0.848. The Labute approximate surface area is 143 Å². The fourth-order valence-corrected chi connectivity index (χ4v) is 2.24. The van der Waals surface area contributed by atoms with E-state index >= 15 is 0 Å². The zero-order valence-electron chi connectivity index (χ0n) is 14.4. The first-order chi connectivity index (χ1) is 10.9. The van der Waals surface area contributed by atoms with Crippen LogP contribution in [0.25, 0.3) is 0 Å². The normalized spacial score (nSPS) is 12.0. The van der Waals surface area contributed by atoms with Crippen LogP contribution in [0.5, 0.6) is 0 Å². The molecular formula is C17H27ClN4O. The summed E-state index contributed by atoms with van der Waals surface area (Å²) in [7, 11) is 1.72. The first kappa shape index (κ1) is 19.3. The quantitative estimate of drug-likeness (QED) is 0.527. The highest BCUT2D eigenvalue weighted by Gasteiger charge is 2.27. The lowest BCUT2D eigenvalue weighted by atomic mass is 9.92. The van der Waals surface area contributed by atoms with Crippen molar-refractivity contribution in [2.75, 3.05) is 26.7 Å². The average molecular weight is 339 g/mol. The predicted octanol–water partition coefficient (Wildman–Crippen LogP) is 2.21. The summed E-state index contributed by atoms with van der Waals surface area (Å²) in [5.74, 6) is 0.714. The predicted molar refractivity (Wildman–Crippen MR) is 97.0 cm³/mol. The van der Waals surface area contributed by atoms with Crippen LogP contribution in [0, 0.1) is 5.41 Å². The largest absolute Gasteiger partial charge is 0.356 e. The minimum absolute atomic E-state index is 0.0295. The molecule has 0 heterocycles. The van der Waals surface area contributed by atoms with Gasteiger partial charge in [-0.1, -0.05) is 23.7 Å². The fourth-order valence-electron chi connectivity index (χ4n) is 2.02. The van der Waals surface area contributed by atoms with Gasteiger partial charge in [-0.15, -0.1) is 0 Å². The summed E-state index contributed by atoms with van der Waals surface area (Å²) in [6.45, 7) is 7.61.